The predicted molar refractivity (Wildman–Crippen MR) is 96.6 cm³/mol. The van der Waals surface area contributed by atoms with Crippen molar-refractivity contribution < 1.29 is 18.0 Å². The van der Waals surface area contributed by atoms with Crippen LogP contribution in [0.4, 0.5) is 29.5 Å². The van der Waals surface area contributed by atoms with Gasteiger partial charge in [-0.2, -0.15) is 18.3 Å². The fourth-order valence-corrected chi connectivity index (χ4v) is 2.54. The molecular weight excluding hydrogens is 357 g/mol. The quantitative estimate of drug-likeness (QED) is 0.682. The topological polar surface area (TPSA) is 59.0 Å². The normalized spacial score (nSPS) is 11.3. The second-order valence-electron chi connectivity index (χ2n) is 5.97. The number of carbonyl (C=O) groups excluding carboxylic acids is 1. The van der Waals surface area contributed by atoms with Gasteiger partial charge in [0.25, 0.3) is 0 Å². The molecule has 3 rings (SSSR count). The molecule has 0 bridgehead atoms. The molecule has 2 amide bonds. The zero-order chi connectivity index (χ0) is 19.4. The molecule has 0 atom stereocenters. The van der Waals surface area contributed by atoms with Crippen LogP contribution in [0.25, 0.3) is 0 Å². The summed E-state index contributed by atoms with van der Waals surface area (Å²) >= 11 is 0. The zero-order valence-corrected chi connectivity index (χ0v) is 14.4. The van der Waals surface area contributed by atoms with Gasteiger partial charge in [0.15, 0.2) is 5.82 Å². The minimum Gasteiger partial charge on any atom is -0.308 e. The van der Waals surface area contributed by atoms with E-state index >= 15 is 0 Å². The fraction of sp³-hybridized carbons (Fsp3) is 0.158. The van der Waals surface area contributed by atoms with Crippen LogP contribution in [-0.2, 0) is 12.7 Å². The largest absolute Gasteiger partial charge is 0.416 e. The van der Waals surface area contributed by atoms with E-state index < -0.39 is 17.8 Å². The van der Waals surface area contributed by atoms with Crippen molar-refractivity contribution in [3.05, 3.63) is 77.5 Å². The molecule has 0 unspecified atom stereocenters. The van der Waals surface area contributed by atoms with Crippen LogP contribution in [-0.4, -0.2) is 15.8 Å². The molecular formula is C19H17F3N4O. The molecule has 0 aliphatic heterocycles. The van der Waals surface area contributed by atoms with Crippen LogP contribution < -0.4 is 10.6 Å². The molecule has 0 aliphatic carbocycles. The average Bonchev–Trinajstić information content (AvgIpc) is 2.94. The molecule has 0 spiro atoms. The van der Waals surface area contributed by atoms with E-state index in [0.717, 1.165) is 23.4 Å². The predicted octanol–water partition coefficient (Wildman–Crippen LogP) is 4.90. The van der Waals surface area contributed by atoms with E-state index in [4.69, 9.17) is 0 Å². The number of alkyl halides is 3. The Morgan fingerprint density at radius 2 is 1.78 bits per heavy atom. The van der Waals surface area contributed by atoms with Gasteiger partial charge in [0.05, 0.1) is 12.1 Å². The lowest BCUT2D eigenvalue weighted by Gasteiger charge is -2.10. The highest BCUT2D eigenvalue weighted by Gasteiger charge is 2.30. The Labute approximate surface area is 153 Å². The van der Waals surface area contributed by atoms with Crippen molar-refractivity contribution in [1.29, 1.82) is 0 Å². The van der Waals surface area contributed by atoms with Crippen molar-refractivity contribution in [3.8, 4) is 0 Å². The third kappa shape index (κ3) is 4.87. The van der Waals surface area contributed by atoms with Gasteiger partial charge in [0, 0.05) is 17.4 Å². The van der Waals surface area contributed by atoms with Crippen molar-refractivity contribution in [2.45, 2.75) is 19.6 Å². The summed E-state index contributed by atoms with van der Waals surface area (Å²) in [5.41, 5.74) is 1.11. The van der Waals surface area contributed by atoms with Crippen LogP contribution in [0.2, 0.25) is 0 Å². The Morgan fingerprint density at radius 1 is 1.04 bits per heavy atom. The number of urea groups is 1. The minimum atomic E-state index is -4.47. The molecule has 0 fully saturated rings. The lowest BCUT2D eigenvalue weighted by atomic mass is 10.2. The first-order valence-corrected chi connectivity index (χ1v) is 8.15. The number of nitrogens with zero attached hydrogens (tertiary/aromatic N) is 2. The maximum absolute atomic E-state index is 12.7. The average molecular weight is 374 g/mol. The van der Waals surface area contributed by atoms with Gasteiger partial charge < -0.3 is 5.32 Å². The van der Waals surface area contributed by atoms with Crippen molar-refractivity contribution in [1.82, 2.24) is 9.78 Å². The Kier molecular flexibility index (Phi) is 5.16. The molecule has 1 aromatic heterocycles. The molecule has 27 heavy (non-hydrogen) atoms. The fourth-order valence-electron chi connectivity index (χ4n) is 2.54. The summed E-state index contributed by atoms with van der Waals surface area (Å²) in [6.45, 7) is 2.40. The first-order valence-electron chi connectivity index (χ1n) is 8.15. The molecule has 0 aliphatic rings. The van der Waals surface area contributed by atoms with Gasteiger partial charge in [0.1, 0.15) is 0 Å². The first-order chi connectivity index (χ1) is 12.8. The smallest absolute Gasteiger partial charge is 0.308 e. The van der Waals surface area contributed by atoms with Crippen molar-refractivity contribution in [3.63, 3.8) is 0 Å². The Hall–Kier alpha value is -3.29. The number of hydrogen-bond donors (Lipinski definition) is 2. The lowest BCUT2D eigenvalue weighted by molar-refractivity contribution is -0.137. The van der Waals surface area contributed by atoms with E-state index in [1.807, 2.05) is 37.3 Å². The number of carbonyl (C=O) groups is 1. The summed E-state index contributed by atoms with van der Waals surface area (Å²) in [5.74, 6) is 0.313. The molecule has 8 heteroatoms. The number of anilines is 2. The van der Waals surface area contributed by atoms with E-state index in [9.17, 15) is 18.0 Å². The third-order valence-electron chi connectivity index (χ3n) is 3.85. The van der Waals surface area contributed by atoms with Gasteiger partial charge in [-0.25, -0.2) is 4.79 Å². The number of nitrogens with one attached hydrogen (secondary N) is 2. The molecule has 5 nitrogen and oxygen atoms in total. The summed E-state index contributed by atoms with van der Waals surface area (Å²) in [6.07, 6.45) is -4.47. The number of aromatic nitrogens is 2. The molecule has 2 aromatic carbocycles. The number of hydrogen-bond acceptors (Lipinski definition) is 2. The van der Waals surface area contributed by atoms with Gasteiger partial charge in [-0.05, 0) is 30.7 Å². The van der Waals surface area contributed by atoms with Crippen LogP contribution in [0, 0.1) is 6.92 Å². The SMILES string of the molecule is Cc1cc(NC(=O)Nc2cccc(C(F)(F)F)c2)nn1Cc1ccccc1. The van der Waals surface area contributed by atoms with Crippen LogP contribution in [0.5, 0.6) is 0 Å². The Bertz CT molecular complexity index is 936. The number of halogens is 3. The van der Waals surface area contributed by atoms with Crippen LogP contribution in [0.15, 0.2) is 60.7 Å². The first kappa shape index (κ1) is 18.5. The molecule has 2 N–H and O–H groups in total. The van der Waals surface area contributed by atoms with Gasteiger partial charge >= 0.3 is 12.2 Å². The second-order valence-corrected chi connectivity index (χ2v) is 5.97. The Balaban J connectivity index is 1.66. The molecule has 0 radical (unpaired) electrons. The second kappa shape index (κ2) is 7.53. The molecule has 0 saturated carbocycles. The summed E-state index contributed by atoms with van der Waals surface area (Å²) < 4.78 is 39.9. The van der Waals surface area contributed by atoms with Gasteiger partial charge in [-0.1, -0.05) is 36.4 Å². The maximum atomic E-state index is 12.7. The number of rotatable bonds is 4. The van der Waals surface area contributed by atoms with Crippen molar-refractivity contribution in [2.24, 2.45) is 0 Å². The van der Waals surface area contributed by atoms with E-state index in [2.05, 4.69) is 15.7 Å². The summed E-state index contributed by atoms with van der Waals surface area (Å²) in [6, 6.07) is 15.2. The lowest BCUT2D eigenvalue weighted by Crippen LogP contribution is -2.20. The monoisotopic (exact) mass is 374 g/mol. The van der Waals surface area contributed by atoms with Crippen LogP contribution in [0.1, 0.15) is 16.8 Å². The van der Waals surface area contributed by atoms with E-state index in [0.29, 0.717) is 12.4 Å². The molecule has 1 heterocycles. The van der Waals surface area contributed by atoms with Crippen LogP contribution in [0.3, 0.4) is 0 Å². The third-order valence-corrected chi connectivity index (χ3v) is 3.85. The zero-order valence-electron chi connectivity index (χ0n) is 14.4. The molecule has 140 valence electrons. The molecule has 3 aromatic rings. The minimum absolute atomic E-state index is 0.0442. The van der Waals surface area contributed by atoms with Crippen molar-refractivity contribution >= 4 is 17.5 Å². The highest BCUT2D eigenvalue weighted by atomic mass is 19.4. The van der Waals surface area contributed by atoms with E-state index in [-0.39, 0.29) is 5.69 Å². The van der Waals surface area contributed by atoms with Crippen LogP contribution >= 0.6 is 0 Å². The standard InChI is InChI=1S/C19H17F3N4O/c1-13-10-17(25-26(13)12-14-6-3-2-4-7-14)24-18(27)23-16-9-5-8-15(11-16)19(20,21)22/h2-11H,12H2,1H3,(H2,23,24,25,27). The number of benzene rings is 2. The summed E-state index contributed by atoms with van der Waals surface area (Å²) in [4.78, 5) is 12.1. The van der Waals surface area contributed by atoms with E-state index in [1.165, 1.54) is 12.1 Å². The highest BCUT2D eigenvalue weighted by Crippen LogP contribution is 2.30. The Morgan fingerprint density at radius 3 is 2.48 bits per heavy atom. The van der Waals surface area contributed by atoms with Gasteiger partial charge in [-0.3, -0.25) is 10.00 Å². The molecule has 0 saturated heterocycles. The van der Waals surface area contributed by atoms with E-state index in [1.54, 1.807) is 10.7 Å². The highest BCUT2D eigenvalue weighted by molar-refractivity contribution is 5.99. The number of aryl methyl sites for hydroxylation is 1. The van der Waals surface area contributed by atoms with Gasteiger partial charge in [-0.15, -0.1) is 0 Å². The maximum Gasteiger partial charge on any atom is 0.416 e. The summed E-state index contributed by atoms with van der Waals surface area (Å²) in [7, 11) is 0. The summed E-state index contributed by atoms with van der Waals surface area (Å²) in [5, 5.41) is 9.22. The number of amides is 2. The van der Waals surface area contributed by atoms with Gasteiger partial charge in [0.2, 0.25) is 0 Å². The van der Waals surface area contributed by atoms with Crippen molar-refractivity contribution in [2.75, 3.05) is 10.6 Å².